The molecule has 1 aromatic carbocycles. The molecule has 1 fully saturated rings. The number of fused-ring (bicyclic) bond motifs is 2. The van der Waals surface area contributed by atoms with Crippen LogP contribution >= 0.6 is 23.4 Å². The van der Waals surface area contributed by atoms with Crippen LogP contribution in [0.15, 0.2) is 23.1 Å². The lowest BCUT2D eigenvalue weighted by Crippen LogP contribution is -2.40. The largest absolute Gasteiger partial charge is 0.354 e. The molecule has 28 heavy (non-hydrogen) atoms. The fraction of sp³-hybridized carbons (Fsp3) is 0.545. The van der Waals surface area contributed by atoms with Crippen LogP contribution in [0.3, 0.4) is 0 Å². The number of pyridine rings is 1. The van der Waals surface area contributed by atoms with Crippen LogP contribution in [0.25, 0.3) is 10.9 Å². The van der Waals surface area contributed by atoms with E-state index in [1.54, 1.807) is 11.8 Å². The van der Waals surface area contributed by atoms with Crippen molar-refractivity contribution in [3.05, 3.63) is 34.5 Å². The maximum atomic E-state index is 12.5. The molecule has 4 nitrogen and oxygen atoms in total. The second-order valence-electron chi connectivity index (χ2n) is 7.75. The fourth-order valence-electron chi connectivity index (χ4n) is 4.48. The minimum absolute atomic E-state index is 0.122. The number of aryl methyl sites for hydroxylation is 1. The molecule has 150 valence electrons. The summed E-state index contributed by atoms with van der Waals surface area (Å²) in [4.78, 5) is 21.1. The molecule has 1 aromatic heterocycles. The number of hydrogen-bond donors (Lipinski definition) is 1. The highest BCUT2D eigenvalue weighted by Crippen LogP contribution is 2.36. The average molecular weight is 418 g/mol. The van der Waals surface area contributed by atoms with Gasteiger partial charge in [0, 0.05) is 33.6 Å². The minimum Gasteiger partial charge on any atom is -0.354 e. The second-order valence-corrected chi connectivity index (χ2v) is 9.17. The molecule has 1 aliphatic heterocycles. The number of carbonyl (C=O) groups is 1. The number of likely N-dealkylation sites (N-methyl/N-ethyl adjacent to an activating group) is 1. The first kappa shape index (κ1) is 20.0. The third kappa shape index (κ3) is 4.32. The predicted octanol–water partition coefficient (Wildman–Crippen LogP) is 4.46. The van der Waals surface area contributed by atoms with Gasteiger partial charge in [0.05, 0.1) is 11.3 Å². The molecule has 1 atom stereocenters. The lowest BCUT2D eigenvalue weighted by atomic mass is 9.94. The van der Waals surface area contributed by atoms with Crippen molar-refractivity contribution in [2.24, 2.45) is 0 Å². The summed E-state index contributed by atoms with van der Waals surface area (Å²) < 4.78 is 0. The van der Waals surface area contributed by atoms with E-state index in [1.165, 1.54) is 41.8 Å². The lowest BCUT2D eigenvalue weighted by molar-refractivity contribution is -0.118. The van der Waals surface area contributed by atoms with Crippen LogP contribution in [-0.2, 0) is 17.6 Å². The highest BCUT2D eigenvalue weighted by Gasteiger charge is 2.23. The summed E-state index contributed by atoms with van der Waals surface area (Å²) in [5.74, 6) is 0.573. The standard InChI is InChI=1S/C22H28ClN3OS/c1-2-26-11-5-6-16(26)13-24-21(27)14-28-22-17-7-3-4-8-19(17)25-20-12-15(23)9-10-18(20)22/h9-10,12,16H,2-8,11,13-14H2,1H3,(H,24,27). The van der Waals surface area contributed by atoms with Gasteiger partial charge in [0.15, 0.2) is 0 Å². The van der Waals surface area contributed by atoms with Crippen molar-refractivity contribution in [1.82, 2.24) is 15.2 Å². The third-order valence-corrected chi connectivity index (χ3v) is 7.36. The van der Waals surface area contributed by atoms with Gasteiger partial charge in [-0.25, -0.2) is 0 Å². The van der Waals surface area contributed by atoms with E-state index in [0.29, 0.717) is 16.8 Å². The number of hydrogen-bond acceptors (Lipinski definition) is 4. The molecule has 0 saturated carbocycles. The van der Waals surface area contributed by atoms with Gasteiger partial charge >= 0.3 is 0 Å². The molecule has 2 heterocycles. The number of aromatic nitrogens is 1. The van der Waals surface area contributed by atoms with Gasteiger partial charge in [0.2, 0.25) is 5.91 Å². The van der Waals surface area contributed by atoms with Crippen molar-refractivity contribution >= 4 is 40.2 Å². The number of benzene rings is 1. The SMILES string of the molecule is CCN1CCCC1CNC(=O)CSc1c2c(nc3cc(Cl)ccc13)CCCC2. The molecular weight excluding hydrogens is 390 g/mol. The number of thioether (sulfide) groups is 1. The Morgan fingerprint density at radius 1 is 1.32 bits per heavy atom. The summed E-state index contributed by atoms with van der Waals surface area (Å²) in [7, 11) is 0. The van der Waals surface area contributed by atoms with Gasteiger partial charge in [0.1, 0.15) is 0 Å². The first-order valence-corrected chi connectivity index (χ1v) is 11.8. The van der Waals surface area contributed by atoms with E-state index in [-0.39, 0.29) is 5.91 Å². The highest BCUT2D eigenvalue weighted by molar-refractivity contribution is 8.00. The summed E-state index contributed by atoms with van der Waals surface area (Å²) in [6.07, 6.45) is 6.88. The van der Waals surface area contributed by atoms with Crippen LogP contribution in [0.4, 0.5) is 0 Å². The summed E-state index contributed by atoms with van der Waals surface area (Å²) in [5, 5.41) is 4.99. The maximum Gasteiger partial charge on any atom is 0.230 e. The van der Waals surface area contributed by atoms with Crippen molar-refractivity contribution in [2.45, 2.75) is 56.4 Å². The Bertz CT molecular complexity index is 872. The molecule has 1 aliphatic carbocycles. The number of carbonyl (C=O) groups excluding carboxylic acids is 1. The topological polar surface area (TPSA) is 45.2 Å². The first-order chi connectivity index (χ1) is 13.7. The van der Waals surface area contributed by atoms with Crippen LogP contribution in [0, 0.1) is 0 Å². The second kappa shape index (κ2) is 9.02. The van der Waals surface area contributed by atoms with Gasteiger partial charge in [-0.05, 0) is 69.3 Å². The summed E-state index contributed by atoms with van der Waals surface area (Å²) in [5.41, 5.74) is 3.47. The zero-order valence-electron chi connectivity index (χ0n) is 16.5. The normalized spacial score (nSPS) is 19.7. The Morgan fingerprint density at radius 2 is 2.18 bits per heavy atom. The smallest absolute Gasteiger partial charge is 0.230 e. The molecule has 6 heteroatoms. The van der Waals surface area contributed by atoms with Gasteiger partial charge < -0.3 is 5.32 Å². The van der Waals surface area contributed by atoms with Crippen molar-refractivity contribution in [1.29, 1.82) is 0 Å². The van der Waals surface area contributed by atoms with Gasteiger partial charge in [-0.3, -0.25) is 14.7 Å². The Morgan fingerprint density at radius 3 is 3.04 bits per heavy atom. The van der Waals surface area contributed by atoms with Crippen molar-refractivity contribution in [3.63, 3.8) is 0 Å². The van der Waals surface area contributed by atoms with Gasteiger partial charge in [-0.1, -0.05) is 24.6 Å². The summed E-state index contributed by atoms with van der Waals surface area (Å²) >= 11 is 7.85. The number of halogens is 1. The van der Waals surface area contributed by atoms with Crippen molar-refractivity contribution in [2.75, 3.05) is 25.4 Å². The average Bonchev–Trinajstić information content (AvgIpc) is 3.17. The van der Waals surface area contributed by atoms with Crippen LogP contribution < -0.4 is 5.32 Å². The molecule has 0 spiro atoms. The minimum atomic E-state index is 0.122. The third-order valence-electron chi connectivity index (χ3n) is 5.96. The van der Waals surface area contributed by atoms with E-state index >= 15 is 0 Å². The Balaban J connectivity index is 1.47. The molecular formula is C22H28ClN3OS. The monoisotopic (exact) mass is 417 g/mol. The predicted molar refractivity (Wildman–Crippen MR) is 117 cm³/mol. The first-order valence-electron chi connectivity index (χ1n) is 10.4. The molecule has 2 aliphatic rings. The highest BCUT2D eigenvalue weighted by atomic mass is 35.5. The summed E-state index contributed by atoms with van der Waals surface area (Å²) in [6, 6.07) is 6.41. The number of nitrogens with one attached hydrogen (secondary N) is 1. The molecule has 1 N–H and O–H groups in total. The van der Waals surface area contributed by atoms with Gasteiger partial charge in [0.25, 0.3) is 0 Å². The maximum absolute atomic E-state index is 12.5. The van der Waals surface area contributed by atoms with Gasteiger partial charge in [-0.2, -0.15) is 0 Å². The molecule has 1 unspecified atom stereocenters. The van der Waals surface area contributed by atoms with Crippen molar-refractivity contribution in [3.8, 4) is 0 Å². The Kier molecular flexibility index (Phi) is 6.44. The van der Waals surface area contributed by atoms with E-state index in [4.69, 9.17) is 16.6 Å². The molecule has 2 aromatic rings. The van der Waals surface area contributed by atoms with Crippen LogP contribution in [0.2, 0.25) is 5.02 Å². The lowest BCUT2D eigenvalue weighted by Gasteiger charge is -2.23. The fourth-order valence-corrected chi connectivity index (χ4v) is 5.75. The Hall–Kier alpha value is -1.30. The molecule has 1 amide bonds. The molecule has 4 rings (SSSR count). The van der Waals surface area contributed by atoms with Crippen molar-refractivity contribution < 1.29 is 4.79 Å². The molecule has 1 saturated heterocycles. The van der Waals surface area contributed by atoms with Gasteiger partial charge in [-0.15, -0.1) is 11.8 Å². The Labute approximate surface area is 176 Å². The van der Waals surface area contributed by atoms with E-state index in [1.807, 2.05) is 12.1 Å². The quantitative estimate of drug-likeness (QED) is 0.705. The molecule has 0 bridgehead atoms. The summed E-state index contributed by atoms with van der Waals surface area (Å²) in [6.45, 7) is 5.18. The number of rotatable bonds is 6. The number of likely N-dealkylation sites (tertiary alicyclic amines) is 1. The van der Waals surface area contributed by atoms with Crippen LogP contribution in [0.1, 0.15) is 43.9 Å². The van der Waals surface area contributed by atoms with E-state index in [2.05, 4.69) is 23.2 Å². The van der Waals surface area contributed by atoms with E-state index in [9.17, 15) is 4.79 Å². The number of nitrogens with zero attached hydrogens (tertiary/aromatic N) is 2. The van der Waals surface area contributed by atoms with Crippen LogP contribution in [0.5, 0.6) is 0 Å². The number of amides is 1. The van der Waals surface area contributed by atoms with E-state index in [0.717, 1.165) is 43.4 Å². The molecule has 0 radical (unpaired) electrons. The van der Waals surface area contributed by atoms with E-state index < -0.39 is 0 Å². The zero-order chi connectivity index (χ0) is 19.5. The van der Waals surface area contributed by atoms with Crippen LogP contribution in [-0.4, -0.2) is 47.2 Å². The zero-order valence-corrected chi connectivity index (χ0v) is 18.0.